The van der Waals surface area contributed by atoms with Crippen LogP contribution in [-0.4, -0.2) is 34.8 Å². The Kier molecular flexibility index (Phi) is 9.16. The molecule has 0 spiro atoms. The highest BCUT2D eigenvalue weighted by molar-refractivity contribution is 6.58. The van der Waals surface area contributed by atoms with Crippen LogP contribution in [0.1, 0.15) is 47.5 Å². The molecule has 0 saturated heterocycles. The first kappa shape index (κ1) is 16.1. The van der Waals surface area contributed by atoms with Gasteiger partial charge in [-0.15, -0.1) is 0 Å². The van der Waals surface area contributed by atoms with Crippen LogP contribution < -0.4 is 4.98 Å². The van der Waals surface area contributed by atoms with Crippen LogP contribution in [0.25, 0.3) is 0 Å². The van der Waals surface area contributed by atoms with Gasteiger partial charge in [-0.05, 0) is 27.2 Å². The molecule has 0 aromatic heterocycles. The second-order valence-electron chi connectivity index (χ2n) is 3.69. The van der Waals surface area contributed by atoms with E-state index in [0.29, 0.717) is 25.9 Å². The van der Waals surface area contributed by atoms with Crippen molar-refractivity contribution in [3.05, 3.63) is 0 Å². The molecule has 1 N–H and O–H groups in total. The van der Waals surface area contributed by atoms with Gasteiger partial charge in [0.1, 0.15) is 0 Å². The molecule has 0 heterocycles. The van der Waals surface area contributed by atoms with Crippen LogP contribution in [-0.2, 0) is 13.3 Å². The van der Waals surface area contributed by atoms with E-state index in [1.807, 2.05) is 20.8 Å². The van der Waals surface area contributed by atoms with Crippen LogP contribution in [0.2, 0.25) is 0 Å². The predicted molar refractivity (Wildman–Crippen MR) is 68.1 cm³/mol. The standard InChI is InChI=1S/C11H27NO3Si/c1-6-10-11(5)12-16(13-7-2,14-8-3)15-9-4/h11-12H,6-10H2,1-5H3. The Bertz CT molecular complexity index is 152. The minimum Gasteiger partial charge on any atom is -0.361 e. The summed E-state index contributed by atoms with van der Waals surface area (Å²) in [6.07, 6.45) is 2.24. The zero-order chi connectivity index (χ0) is 12.4. The van der Waals surface area contributed by atoms with E-state index in [2.05, 4.69) is 18.8 Å². The minimum absolute atomic E-state index is 0.362. The lowest BCUT2D eigenvalue weighted by Gasteiger charge is -2.31. The molecule has 0 saturated carbocycles. The van der Waals surface area contributed by atoms with Gasteiger partial charge in [-0.1, -0.05) is 20.3 Å². The van der Waals surface area contributed by atoms with E-state index >= 15 is 0 Å². The number of hydrogen-bond acceptors (Lipinski definition) is 4. The number of nitrogens with one attached hydrogen (secondary N) is 1. The van der Waals surface area contributed by atoms with Crippen molar-refractivity contribution in [3.8, 4) is 0 Å². The van der Waals surface area contributed by atoms with E-state index in [9.17, 15) is 0 Å². The highest BCUT2D eigenvalue weighted by Gasteiger charge is 2.42. The summed E-state index contributed by atoms with van der Waals surface area (Å²) in [6.45, 7) is 12.0. The highest BCUT2D eigenvalue weighted by Crippen LogP contribution is 2.09. The van der Waals surface area contributed by atoms with E-state index in [-0.39, 0.29) is 0 Å². The van der Waals surface area contributed by atoms with Crippen LogP contribution in [0.4, 0.5) is 0 Å². The molecular weight excluding hydrogens is 222 g/mol. The summed E-state index contributed by atoms with van der Waals surface area (Å²) >= 11 is 0. The Morgan fingerprint density at radius 2 is 1.38 bits per heavy atom. The summed E-state index contributed by atoms with van der Waals surface area (Å²) in [7, 11) is -2.65. The predicted octanol–water partition coefficient (Wildman–Crippen LogP) is 2.31. The van der Waals surface area contributed by atoms with Crippen molar-refractivity contribution in [2.45, 2.75) is 53.5 Å². The van der Waals surface area contributed by atoms with Crippen LogP contribution in [0.5, 0.6) is 0 Å². The third-order valence-electron chi connectivity index (χ3n) is 2.15. The molecule has 1 unspecified atom stereocenters. The van der Waals surface area contributed by atoms with Gasteiger partial charge in [0.05, 0.1) is 0 Å². The molecule has 0 aromatic rings. The van der Waals surface area contributed by atoms with Gasteiger partial charge in [0.15, 0.2) is 0 Å². The largest absolute Gasteiger partial charge is 0.596 e. The van der Waals surface area contributed by atoms with E-state index in [1.54, 1.807) is 0 Å². The summed E-state index contributed by atoms with van der Waals surface area (Å²) in [5.41, 5.74) is 0. The highest BCUT2D eigenvalue weighted by atomic mass is 28.4. The molecule has 0 aliphatic carbocycles. The monoisotopic (exact) mass is 249 g/mol. The summed E-state index contributed by atoms with van der Waals surface area (Å²) in [5, 5.41) is 0. The van der Waals surface area contributed by atoms with Crippen LogP contribution in [0, 0.1) is 0 Å². The normalized spacial score (nSPS) is 14.1. The Morgan fingerprint density at radius 1 is 0.938 bits per heavy atom. The van der Waals surface area contributed by atoms with Gasteiger partial charge in [-0.3, -0.25) is 4.98 Å². The first-order valence-electron chi connectivity index (χ1n) is 6.33. The minimum atomic E-state index is -2.65. The van der Waals surface area contributed by atoms with E-state index in [4.69, 9.17) is 13.3 Å². The quantitative estimate of drug-likeness (QED) is 0.603. The Balaban J connectivity index is 4.44. The maximum Gasteiger partial charge on any atom is 0.596 e. The van der Waals surface area contributed by atoms with Gasteiger partial charge in [0.2, 0.25) is 0 Å². The first-order valence-corrected chi connectivity index (χ1v) is 8.06. The summed E-state index contributed by atoms with van der Waals surface area (Å²) in [5.74, 6) is 0. The molecule has 0 rings (SSSR count). The van der Waals surface area contributed by atoms with Gasteiger partial charge in [0, 0.05) is 25.9 Å². The SMILES string of the molecule is CCCC(C)N[Si](OCC)(OCC)OCC. The maximum atomic E-state index is 5.71. The Morgan fingerprint density at radius 3 is 1.69 bits per heavy atom. The Labute approximate surface area is 101 Å². The molecule has 16 heavy (non-hydrogen) atoms. The summed E-state index contributed by atoms with van der Waals surface area (Å²) in [4.78, 5) is 3.41. The van der Waals surface area contributed by atoms with Crippen molar-refractivity contribution in [3.63, 3.8) is 0 Å². The van der Waals surface area contributed by atoms with Gasteiger partial charge in [-0.25, -0.2) is 0 Å². The van der Waals surface area contributed by atoms with Crippen molar-refractivity contribution < 1.29 is 13.3 Å². The molecule has 0 aromatic carbocycles. The molecule has 0 aliphatic heterocycles. The lowest BCUT2D eigenvalue weighted by Crippen LogP contribution is -2.61. The van der Waals surface area contributed by atoms with Crippen molar-refractivity contribution in [1.29, 1.82) is 0 Å². The lowest BCUT2D eigenvalue weighted by atomic mass is 10.2. The average Bonchev–Trinajstić information content (AvgIpc) is 2.18. The van der Waals surface area contributed by atoms with Gasteiger partial charge < -0.3 is 13.3 Å². The van der Waals surface area contributed by atoms with Crippen LogP contribution in [0.15, 0.2) is 0 Å². The zero-order valence-electron chi connectivity index (χ0n) is 11.3. The zero-order valence-corrected chi connectivity index (χ0v) is 12.3. The first-order chi connectivity index (χ1) is 7.64. The molecule has 0 aliphatic rings. The third-order valence-corrected chi connectivity index (χ3v) is 5.00. The smallest absolute Gasteiger partial charge is 0.361 e. The molecule has 98 valence electrons. The van der Waals surface area contributed by atoms with Crippen molar-refractivity contribution >= 4 is 8.97 Å². The van der Waals surface area contributed by atoms with Crippen molar-refractivity contribution in [2.24, 2.45) is 0 Å². The molecule has 4 nitrogen and oxygen atoms in total. The molecule has 0 amide bonds. The molecule has 0 bridgehead atoms. The fourth-order valence-corrected chi connectivity index (χ4v) is 4.02. The lowest BCUT2D eigenvalue weighted by molar-refractivity contribution is 0.0563. The summed E-state index contributed by atoms with van der Waals surface area (Å²) in [6, 6.07) is 0.362. The topological polar surface area (TPSA) is 39.7 Å². The van der Waals surface area contributed by atoms with Gasteiger partial charge >= 0.3 is 8.97 Å². The van der Waals surface area contributed by atoms with Crippen molar-refractivity contribution in [1.82, 2.24) is 4.98 Å². The fourth-order valence-electron chi connectivity index (χ4n) is 1.63. The second-order valence-corrected chi connectivity index (χ2v) is 5.96. The van der Waals surface area contributed by atoms with Gasteiger partial charge in [-0.2, -0.15) is 0 Å². The van der Waals surface area contributed by atoms with Gasteiger partial charge in [0.25, 0.3) is 0 Å². The molecule has 1 atom stereocenters. The molecular formula is C11H27NO3Si. The van der Waals surface area contributed by atoms with Crippen LogP contribution >= 0.6 is 0 Å². The number of rotatable bonds is 10. The maximum absolute atomic E-state index is 5.71. The Hall–Kier alpha value is 0.0569. The van der Waals surface area contributed by atoms with E-state index in [0.717, 1.165) is 12.8 Å². The van der Waals surface area contributed by atoms with E-state index < -0.39 is 8.97 Å². The number of hydrogen-bond donors (Lipinski definition) is 1. The second kappa shape index (κ2) is 9.12. The fraction of sp³-hybridized carbons (Fsp3) is 1.00. The molecule has 0 fully saturated rings. The van der Waals surface area contributed by atoms with E-state index in [1.165, 1.54) is 0 Å². The third kappa shape index (κ3) is 5.96. The van der Waals surface area contributed by atoms with Crippen molar-refractivity contribution in [2.75, 3.05) is 19.8 Å². The molecule has 0 radical (unpaired) electrons. The summed E-state index contributed by atoms with van der Waals surface area (Å²) < 4.78 is 17.1. The molecule has 5 heteroatoms. The van der Waals surface area contributed by atoms with Crippen LogP contribution in [0.3, 0.4) is 0 Å². The average molecular weight is 249 g/mol.